The fourth-order valence-electron chi connectivity index (χ4n) is 2.19. The molecule has 0 bridgehead atoms. The molecule has 1 heterocycles. The number of imidazole rings is 1. The molecule has 1 atom stereocenters. The SMILES string of the molecule is CCS(=O)CCn1c(CCl)nc2cc(OC)c(OC)cc21. The molecule has 0 aliphatic rings. The topological polar surface area (TPSA) is 53.4 Å². The van der Waals surface area contributed by atoms with E-state index in [1.54, 1.807) is 14.2 Å². The molecule has 21 heavy (non-hydrogen) atoms. The van der Waals surface area contributed by atoms with Crippen molar-refractivity contribution in [1.29, 1.82) is 0 Å². The second kappa shape index (κ2) is 7.13. The number of rotatable bonds is 7. The summed E-state index contributed by atoms with van der Waals surface area (Å²) in [5.74, 6) is 3.57. The fraction of sp³-hybridized carbons (Fsp3) is 0.500. The Labute approximate surface area is 131 Å². The lowest BCUT2D eigenvalue weighted by Crippen LogP contribution is -2.11. The number of fused-ring (bicyclic) bond motifs is 1. The number of aryl methyl sites for hydroxylation is 1. The summed E-state index contributed by atoms with van der Waals surface area (Å²) in [6.07, 6.45) is 0. The van der Waals surface area contributed by atoms with E-state index < -0.39 is 10.8 Å². The molecule has 0 N–H and O–H groups in total. The number of hydrogen-bond acceptors (Lipinski definition) is 4. The first-order chi connectivity index (χ1) is 10.1. The molecule has 7 heteroatoms. The van der Waals surface area contributed by atoms with Crippen LogP contribution in [-0.2, 0) is 23.2 Å². The number of benzene rings is 1. The first-order valence-corrected chi connectivity index (χ1v) is 8.68. The van der Waals surface area contributed by atoms with Gasteiger partial charge in [0.25, 0.3) is 0 Å². The summed E-state index contributed by atoms with van der Waals surface area (Å²) in [6.45, 7) is 2.53. The van der Waals surface area contributed by atoms with E-state index in [0.717, 1.165) is 16.9 Å². The molecule has 1 aromatic carbocycles. The maximum atomic E-state index is 11.7. The molecule has 5 nitrogen and oxygen atoms in total. The van der Waals surface area contributed by atoms with E-state index in [0.29, 0.717) is 35.4 Å². The minimum absolute atomic E-state index is 0.304. The van der Waals surface area contributed by atoms with Crippen LogP contribution >= 0.6 is 11.6 Å². The molecule has 0 radical (unpaired) electrons. The predicted octanol–water partition coefficient (Wildman–Crippen LogP) is 2.56. The van der Waals surface area contributed by atoms with Gasteiger partial charge in [0.2, 0.25) is 0 Å². The van der Waals surface area contributed by atoms with Crippen LogP contribution in [0.1, 0.15) is 12.7 Å². The molecule has 0 saturated carbocycles. The van der Waals surface area contributed by atoms with Gasteiger partial charge >= 0.3 is 0 Å². The highest BCUT2D eigenvalue weighted by Crippen LogP contribution is 2.32. The molecule has 1 unspecified atom stereocenters. The quantitative estimate of drug-likeness (QED) is 0.732. The molecule has 1 aromatic heterocycles. The first-order valence-electron chi connectivity index (χ1n) is 6.66. The summed E-state index contributed by atoms with van der Waals surface area (Å²) < 4.78 is 24.3. The van der Waals surface area contributed by atoms with Gasteiger partial charge in [-0.1, -0.05) is 6.92 Å². The van der Waals surface area contributed by atoms with E-state index in [9.17, 15) is 4.21 Å². The summed E-state index contributed by atoms with van der Waals surface area (Å²) >= 11 is 5.98. The molecule has 0 saturated heterocycles. The van der Waals surface area contributed by atoms with Gasteiger partial charge < -0.3 is 14.0 Å². The maximum absolute atomic E-state index is 11.7. The Bertz CT molecular complexity index is 657. The number of hydrogen-bond donors (Lipinski definition) is 0. The van der Waals surface area contributed by atoms with Crippen LogP contribution in [0.2, 0.25) is 0 Å². The molecule has 2 aromatic rings. The molecule has 0 fully saturated rings. The van der Waals surface area contributed by atoms with E-state index in [4.69, 9.17) is 21.1 Å². The Morgan fingerprint density at radius 3 is 2.52 bits per heavy atom. The summed E-state index contributed by atoms with van der Waals surface area (Å²) in [7, 11) is 2.36. The van der Waals surface area contributed by atoms with Crippen LogP contribution in [0, 0.1) is 0 Å². The standard InChI is InChI=1S/C14H19ClN2O3S/c1-4-21(18)6-5-17-11-8-13(20-3)12(19-2)7-10(11)16-14(17)9-15/h7-8H,4-6,9H2,1-3H3. The van der Waals surface area contributed by atoms with Gasteiger partial charge in [-0.2, -0.15) is 0 Å². The second-order valence-corrected chi connectivity index (χ2v) is 6.57. The van der Waals surface area contributed by atoms with Crippen molar-refractivity contribution in [3.63, 3.8) is 0 Å². The summed E-state index contributed by atoms with van der Waals surface area (Å²) in [6, 6.07) is 3.71. The van der Waals surface area contributed by atoms with Crippen molar-refractivity contribution in [2.45, 2.75) is 19.3 Å². The van der Waals surface area contributed by atoms with Crippen LogP contribution in [0.25, 0.3) is 11.0 Å². The van der Waals surface area contributed by atoms with Gasteiger partial charge in [0.15, 0.2) is 11.5 Å². The van der Waals surface area contributed by atoms with E-state index >= 15 is 0 Å². The number of halogens is 1. The Hall–Kier alpha value is -1.27. The van der Waals surface area contributed by atoms with Gasteiger partial charge in [0.05, 0.1) is 31.1 Å². The van der Waals surface area contributed by atoms with Crippen LogP contribution in [0.15, 0.2) is 12.1 Å². The Morgan fingerprint density at radius 1 is 1.29 bits per heavy atom. The fourth-order valence-corrected chi connectivity index (χ4v) is 3.07. The number of alkyl halides is 1. The minimum Gasteiger partial charge on any atom is -0.493 e. The van der Waals surface area contributed by atoms with Crippen LogP contribution < -0.4 is 9.47 Å². The van der Waals surface area contributed by atoms with Gasteiger partial charge in [-0.05, 0) is 0 Å². The van der Waals surface area contributed by atoms with Crippen LogP contribution in [0.4, 0.5) is 0 Å². The van der Waals surface area contributed by atoms with Gasteiger partial charge in [-0.25, -0.2) is 4.98 Å². The lowest BCUT2D eigenvalue weighted by Gasteiger charge is -2.10. The highest BCUT2D eigenvalue weighted by molar-refractivity contribution is 7.84. The highest BCUT2D eigenvalue weighted by atomic mass is 35.5. The molecule has 2 rings (SSSR count). The summed E-state index contributed by atoms with van der Waals surface area (Å²) in [5.41, 5.74) is 1.71. The summed E-state index contributed by atoms with van der Waals surface area (Å²) in [5, 5.41) is 0. The van der Waals surface area contributed by atoms with E-state index in [2.05, 4.69) is 4.98 Å². The van der Waals surface area contributed by atoms with Crippen molar-refractivity contribution in [3.8, 4) is 11.5 Å². The van der Waals surface area contributed by atoms with E-state index in [-0.39, 0.29) is 0 Å². The largest absolute Gasteiger partial charge is 0.493 e. The third-order valence-corrected chi connectivity index (χ3v) is 4.84. The average molecular weight is 331 g/mol. The zero-order valence-electron chi connectivity index (χ0n) is 12.4. The van der Waals surface area contributed by atoms with Crippen molar-refractivity contribution < 1.29 is 13.7 Å². The lowest BCUT2D eigenvalue weighted by atomic mass is 10.2. The number of methoxy groups -OCH3 is 2. The highest BCUT2D eigenvalue weighted by Gasteiger charge is 2.15. The molecule has 0 aliphatic heterocycles. The average Bonchev–Trinajstić information content (AvgIpc) is 2.87. The second-order valence-electron chi connectivity index (χ2n) is 4.44. The Morgan fingerprint density at radius 2 is 1.95 bits per heavy atom. The number of aromatic nitrogens is 2. The zero-order chi connectivity index (χ0) is 15.4. The van der Waals surface area contributed by atoms with Crippen LogP contribution in [0.5, 0.6) is 11.5 Å². The van der Waals surface area contributed by atoms with Gasteiger partial charge in [-0.3, -0.25) is 4.21 Å². The lowest BCUT2D eigenvalue weighted by molar-refractivity contribution is 0.355. The third kappa shape index (κ3) is 3.32. The van der Waals surface area contributed by atoms with Crippen molar-refractivity contribution in [2.75, 3.05) is 25.7 Å². The molecular weight excluding hydrogens is 312 g/mol. The van der Waals surface area contributed by atoms with E-state index in [1.807, 2.05) is 23.6 Å². The zero-order valence-corrected chi connectivity index (χ0v) is 14.0. The van der Waals surface area contributed by atoms with Crippen molar-refractivity contribution >= 4 is 33.4 Å². The number of nitrogens with zero attached hydrogens (tertiary/aromatic N) is 2. The van der Waals surface area contributed by atoms with Crippen LogP contribution in [-0.4, -0.2) is 39.5 Å². The third-order valence-electron chi connectivity index (χ3n) is 3.32. The van der Waals surface area contributed by atoms with Crippen LogP contribution in [0.3, 0.4) is 0 Å². The normalized spacial score (nSPS) is 12.6. The minimum atomic E-state index is -0.826. The first kappa shape index (κ1) is 16.1. The molecule has 116 valence electrons. The van der Waals surface area contributed by atoms with Gasteiger partial charge in [0.1, 0.15) is 5.82 Å². The summed E-state index contributed by atoms with van der Waals surface area (Å²) in [4.78, 5) is 4.52. The van der Waals surface area contributed by atoms with E-state index in [1.165, 1.54) is 0 Å². The molecular formula is C14H19ClN2O3S. The van der Waals surface area contributed by atoms with Crippen molar-refractivity contribution in [1.82, 2.24) is 9.55 Å². The van der Waals surface area contributed by atoms with Crippen molar-refractivity contribution in [2.24, 2.45) is 0 Å². The Kier molecular flexibility index (Phi) is 5.47. The van der Waals surface area contributed by atoms with Gasteiger partial charge in [-0.15, -0.1) is 11.6 Å². The predicted molar refractivity (Wildman–Crippen MR) is 85.9 cm³/mol. The molecule has 0 spiro atoms. The monoisotopic (exact) mass is 330 g/mol. The number of ether oxygens (including phenoxy) is 2. The Balaban J connectivity index is 2.48. The molecule has 0 aliphatic carbocycles. The van der Waals surface area contributed by atoms with Gasteiger partial charge in [0, 0.05) is 41.0 Å². The van der Waals surface area contributed by atoms with Crippen molar-refractivity contribution in [3.05, 3.63) is 18.0 Å². The molecule has 0 amide bonds. The smallest absolute Gasteiger partial charge is 0.163 e. The maximum Gasteiger partial charge on any atom is 0.163 e.